The van der Waals surface area contributed by atoms with Crippen molar-refractivity contribution in [3.63, 3.8) is 0 Å². The second kappa shape index (κ2) is 8.70. The van der Waals surface area contributed by atoms with Crippen LogP contribution in [-0.4, -0.2) is 79.2 Å². The summed E-state index contributed by atoms with van der Waals surface area (Å²) in [4.78, 5) is 44.8. The summed E-state index contributed by atoms with van der Waals surface area (Å²) in [5, 5.41) is 0. The molecule has 10 heteroatoms. The van der Waals surface area contributed by atoms with E-state index in [-0.39, 0.29) is 18.1 Å². The van der Waals surface area contributed by atoms with Crippen LogP contribution in [0.3, 0.4) is 0 Å². The number of piperidine rings is 1. The number of allylic oxidation sites excluding steroid dienone is 2. The second-order valence-corrected chi connectivity index (χ2v) is 6.83. The van der Waals surface area contributed by atoms with Crippen molar-refractivity contribution < 1.29 is 38.1 Å². The Morgan fingerprint density at radius 3 is 2.43 bits per heavy atom. The Kier molecular flexibility index (Phi) is 6.30. The first kappa shape index (κ1) is 20.3. The maximum absolute atomic E-state index is 11.4. The average molecular weight is 396 g/mol. The van der Waals surface area contributed by atoms with Gasteiger partial charge in [0.25, 0.3) is 5.70 Å². The fourth-order valence-corrected chi connectivity index (χ4v) is 3.36. The molecule has 4 heterocycles. The second-order valence-electron chi connectivity index (χ2n) is 6.83. The number of hydrogen-bond donors (Lipinski definition) is 0. The molecule has 0 aromatic heterocycles. The van der Waals surface area contributed by atoms with Gasteiger partial charge < -0.3 is 18.9 Å². The quantitative estimate of drug-likeness (QED) is 0.381. The molecule has 5 unspecified atom stereocenters. The molecule has 3 saturated heterocycles. The summed E-state index contributed by atoms with van der Waals surface area (Å²) in [6, 6.07) is -0.146. The van der Waals surface area contributed by atoms with E-state index in [1.807, 2.05) is 0 Å². The monoisotopic (exact) mass is 396 g/mol. The lowest BCUT2D eigenvalue weighted by Crippen LogP contribution is -2.36. The van der Waals surface area contributed by atoms with E-state index in [9.17, 15) is 19.4 Å². The molecule has 28 heavy (non-hydrogen) atoms. The summed E-state index contributed by atoms with van der Waals surface area (Å²) in [5.74, 6) is -0.798. The lowest BCUT2D eigenvalue weighted by Gasteiger charge is -2.11. The zero-order valence-corrected chi connectivity index (χ0v) is 15.8. The maximum Gasteiger partial charge on any atom is 0.338 e. The number of rotatable bonds is 4. The highest BCUT2D eigenvalue weighted by Crippen LogP contribution is 2.32. The predicted octanol–water partition coefficient (Wildman–Crippen LogP) is 0.418. The lowest BCUT2D eigenvalue weighted by molar-refractivity contribution is -0.597. The summed E-state index contributed by atoms with van der Waals surface area (Å²) in [6.07, 6.45) is 6.21. The maximum atomic E-state index is 11.4. The van der Waals surface area contributed by atoms with Crippen LogP contribution in [0.4, 0.5) is 0 Å². The summed E-state index contributed by atoms with van der Waals surface area (Å²) in [6.45, 7) is 0.859. The molecule has 0 aromatic carbocycles. The van der Waals surface area contributed by atoms with Gasteiger partial charge in [0.05, 0.1) is 14.2 Å². The minimum absolute atomic E-state index is 0.146. The summed E-state index contributed by atoms with van der Waals surface area (Å²) in [5.41, 5.74) is 0.489. The molecule has 0 radical (unpaired) electrons. The molecule has 10 nitrogen and oxygen atoms in total. The van der Waals surface area contributed by atoms with Crippen LogP contribution in [0.5, 0.6) is 0 Å². The zero-order chi connectivity index (χ0) is 20.3. The van der Waals surface area contributed by atoms with Gasteiger partial charge in [0, 0.05) is 38.3 Å². The Bertz CT molecular complexity index is 731. The van der Waals surface area contributed by atoms with Crippen molar-refractivity contribution in [2.45, 2.75) is 49.7 Å². The molecule has 4 aliphatic heterocycles. The lowest BCUT2D eigenvalue weighted by atomic mass is 10.0. The van der Waals surface area contributed by atoms with E-state index in [0.717, 1.165) is 28.8 Å². The van der Waals surface area contributed by atoms with Crippen molar-refractivity contribution >= 4 is 11.9 Å². The molecular formula is C18H24N2O8+2. The van der Waals surface area contributed by atoms with Gasteiger partial charge in [-0.1, -0.05) is 6.08 Å². The number of epoxide rings is 2. The number of nitroso groups, excluding NO2 is 2. The van der Waals surface area contributed by atoms with Crippen molar-refractivity contribution in [3.05, 3.63) is 33.7 Å². The Hall–Kier alpha value is -2.46. The van der Waals surface area contributed by atoms with Gasteiger partial charge in [-0.3, -0.25) is 0 Å². The smallest absolute Gasteiger partial charge is 0.338 e. The molecule has 0 saturated carbocycles. The average Bonchev–Trinajstić information content (AvgIpc) is 3.62. The molecule has 4 rings (SSSR count). The molecular weight excluding hydrogens is 372 g/mol. The number of hydrogen-bond acceptors (Lipinski definition) is 8. The molecule has 5 atom stereocenters. The SMILES string of the molecule is COC(=O)C1OC1C1=CC=CC[N+]1=O.COC(=O)C1OC1C1CCCC[N+]1=O. The number of carbonyl (C=O) groups is 2. The van der Waals surface area contributed by atoms with Crippen molar-refractivity contribution in [2.24, 2.45) is 0 Å². The first-order valence-corrected chi connectivity index (χ1v) is 9.19. The Morgan fingerprint density at radius 1 is 1.07 bits per heavy atom. The van der Waals surface area contributed by atoms with E-state index in [4.69, 9.17) is 9.47 Å². The van der Waals surface area contributed by atoms with Crippen LogP contribution in [0.1, 0.15) is 19.3 Å². The highest BCUT2D eigenvalue weighted by molar-refractivity contribution is 5.78. The molecule has 4 aliphatic rings. The Labute approximate surface area is 161 Å². The standard InChI is InChI=1S/C9H14NO4.C9H10NO4/c2*1-13-9(11)8-7(14-8)6-4-2-3-5-10(6)12/h6-8H,2-5H2,1H3;2-4,7-8H,5H2,1H3/q2*+1. The number of ether oxygens (including phenoxy) is 4. The number of nitrogens with zero attached hydrogens (tertiary/aromatic N) is 2. The molecule has 0 amide bonds. The van der Waals surface area contributed by atoms with Crippen LogP contribution in [0.25, 0.3) is 0 Å². The van der Waals surface area contributed by atoms with Gasteiger partial charge in [0.15, 0.2) is 31.0 Å². The van der Waals surface area contributed by atoms with Gasteiger partial charge in [-0.25, -0.2) is 9.59 Å². The van der Waals surface area contributed by atoms with Gasteiger partial charge in [-0.15, -0.1) is 0 Å². The van der Waals surface area contributed by atoms with Gasteiger partial charge >= 0.3 is 11.9 Å². The predicted molar refractivity (Wildman–Crippen MR) is 93.2 cm³/mol. The van der Waals surface area contributed by atoms with Gasteiger partial charge in [-0.05, 0) is 12.5 Å². The van der Waals surface area contributed by atoms with E-state index >= 15 is 0 Å². The van der Waals surface area contributed by atoms with Crippen LogP contribution in [0, 0.1) is 9.81 Å². The first-order valence-electron chi connectivity index (χ1n) is 9.19. The normalized spacial score (nSPS) is 33.2. The number of methoxy groups -OCH3 is 2. The van der Waals surface area contributed by atoms with E-state index < -0.39 is 24.3 Å². The Morgan fingerprint density at radius 2 is 1.79 bits per heavy atom. The summed E-state index contributed by atoms with van der Waals surface area (Å²) in [7, 11) is 2.63. The number of carbonyl (C=O) groups excluding carboxylic acids is 2. The minimum Gasteiger partial charge on any atom is -0.467 e. The largest absolute Gasteiger partial charge is 0.467 e. The van der Waals surface area contributed by atoms with Crippen molar-refractivity contribution in [1.29, 1.82) is 0 Å². The minimum atomic E-state index is -0.603. The van der Waals surface area contributed by atoms with E-state index in [1.54, 1.807) is 18.2 Å². The highest BCUT2D eigenvalue weighted by Gasteiger charge is 2.57. The van der Waals surface area contributed by atoms with Crippen LogP contribution < -0.4 is 0 Å². The van der Waals surface area contributed by atoms with Gasteiger partial charge in [0.1, 0.15) is 0 Å². The van der Waals surface area contributed by atoms with E-state index in [1.165, 1.54) is 14.2 Å². The molecule has 0 spiro atoms. The van der Waals surface area contributed by atoms with Crippen molar-refractivity contribution in [2.75, 3.05) is 27.3 Å². The highest BCUT2D eigenvalue weighted by atomic mass is 16.6. The van der Waals surface area contributed by atoms with E-state index in [2.05, 4.69) is 9.47 Å². The third-order valence-corrected chi connectivity index (χ3v) is 5.02. The molecule has 0 aromatic rings. The van der Waals surface area contributed by atoms with Crippen molar-refractivity contribution in [1.82, 2.24) is 0 Å². The van der Waals surface area contributed by atoms with Gasteiger partial charge in [0.2, 0.25) is 12.6 Å². The van der Waals surface area contributed by atoms with Gasteiger partial charge in [-0.2, -0.15) is 0 Å². The summed E-state index contributed by atoms with van der Waals surface area (Å²) < 4.78 is 21.1. The molecule has 152 valence electrons. The first-order chi connectivity index (χ1) is 13.5. The fraction of sp³-hybridized carbons (Fsp3) is 0.667. The molecule has 0 aliphatic carbocycles. The zero-order valence-electron chi connectivity index (χ0n) is 15.8. The van der Waals surface area contributed by atoms with Crippen LogP contribution in [-0.2, 0) is 28.5 Å². The number of esters is 2. The topological polar surface area (TPSA) is 118 Å². The van der Waals surface area contributed by atoms with Crippen LogP contribution in [0.15, 0.2) is 23.9 Å². The van der Waals surface area contributed by atoms with E-state index in [0.29, 0.717) is 18.8 Å². The molecule has 0 bridgehead atoms. The Balaban J connectivity index is 0.000000161. The van der Waals surface area contributed by atoms with Crippen LogP contribution in [0.2, 0.25) is 0 Å². The summed E-state index contributed by atoms with van der Waals surface area (Å²) >= 11 is 0. The third-order valence-electron chi connectivity index (χ3n) is 5.02. The molecule has 0 N–H and O–H groups in total. The fourth-order valence-electron chi connectivity index (χ4n) is 3.36. The van der Waals surface area contributed by atoms with Crippen molar-refractivity contribution in [3.8, 4) is 0 Å². The molecule has 3 fully saturated rings. The third kappa shape index (κ3) is 4.50. The van der Waals surface area contributed by atoms with Crippen LogP contribution >= 0.6 is 0 Å².